The largest absolute Gasteiger partial charge is 0.490 e. The lowest BCUT2D eigenvalue weighted by Gasteiger charge is -2.34. The molecule has 1 aliphatic heterocycles. The molecule has 8 heteroatoms. The molecule has 0 bridgehead atoms. The lowest BCUT2D eigenvalue weighted by atomic mass is 10.0. The zero-order valence-corrected chi connectivity index (χ0v) is 17.2. The maximum atomic E-state index is 12.7. The summed E-state index contributed by atoms with van der Waals surface area (Å²) >= 11 is 12.0. The summed E-state index contributed by atoms with van der Waals surface area (Å²) in [5.74, 6) is 0.776. The van der Waals surface area contributed by atoms with Crippen molar-refractivity contribution < 1.29 is 4.74 Å². The van der Waals surface area contributed by atoms with Crippen molar-refractivity contribution in [3.8, 4) is 11.8 Å². The van der Waals surface area contributed by atoms with Gasteiger partial charge in [0.1, 0.15) is 34.2 Å². The van der Waals surface area contributed by atoms with Crippen LogP contribution in [-0.4, -0.2) is 28.7 Å². The molecule has 0 radical (unpaired) electrons. The number of fused-ring (bicyclic) bond motifs is 1. The maximum Gasteiger partial charge on any atom is 0.270 e. The van der Waals surface area contributed by atoms with Gasteiger partial charge in [-0.2, -0.15) is 5.26 Å². The number of hydrogen-bond acceptors (Lipinski definition) is 5. The van der Waals surface area contributed by atoms with Gasteiger partial charge in [-0.25, -0.2) is 4.98 Å². The van der Waals surface area contributed by atoms with E-state index < -0.39 is 0 Å². The van der Waals surface area contributed by atoms with Crippen molar-refractivity contribution in [2.75, 3.05) is 18.0 Å². The highest BCUT2D eigenvalue weighted by molar-refractivity contribution is 6.30. The molecule has 0 spiro atoms. The van der Waals surface area contributed by atoms with Crippen LogP contribution >= 0.6 is 23.2 Å². The highest BCUT2D eigenvalue weighted by atomic mass is 35.5. The summed E-state index contributed by atoms with van der Waals surface area (Å²) < 4.78 is 7.49. The van der Waals surface area contributed by atoms with Gasteiger partial charge in [0.05, 0.1) is 11.2 Å². The summed E-state index contributed by atoms with van der Waals surface area (Å²) in [6.45, 7) is 1.28. The van der Waals surface area contributed by atoms with E-state index in [0.717, 1.165) is 18.6 Å². The van der Waals surface area contributed by atoms with Gasteiger partial charge in [0.2, 0.25) is 0 Å². The molecule has 0 unspecified atom stereocenters. The molecule has 1 saturated heterocycles. The highest BCUT2D eigenvalue weighted by Crippen LogP contribution is 2.31. The van der Waals surface area contributed by atoms with Gasteiger partial charge in [0.25, 0.3) is 5.56 Å². The van der Waals surface area contributed by atoms with E-state index in [-0.39, 0.29) is 17.2 Å². The van der Waals surface area contributed by atoms with Gasteiger partial charge in [0.15, 0.2) is 0 Å². The quantitative estimate of drug-likeness (QED) is 0.585. The van der Waals surface area contributed by atoms with Crippen LogP contribution in [0.25, 0.3) is 11.0 Å². The van der Waals surface area contributed by atoms with Gasteiger partial charge in [-0.15, -0.1) is 0 Å². The number of nitrogens with zero attached hydrogens (tertiary/aromatic N) is 4. The molecule has 148 valence electrons. The Kier molecular flexibility index (Phi) is 5.35. The molecule has 1 fully saturated rings. The van der Waals surface area contributed by atoms with Crippen molar-refractivity contribution in [3.63, 3.8) is 0 Å². The van der Waals surface area contributed by atoms with Gasteiger partial charge >= 0.3 is 0 Å². The van der Waals surface area contributed by atoms with Gasteiger partial charge in [-0.1, -0.05) is 23.2 Å². The highest BCUT2D eigenvalue weighted by Gasteiger charge is 2.27. The molecule has 6 nitrogen and oxygen atoms in total. The first-order chi connectivity index (χ1) is 14.0. The Bertz CT molecular complexity index is 1160. The monoisotopic (exact) mass is 428 g/mol. The predicted molar refractivity (Wildman–Crippen MR) is 114 cm³/mol. The lowest BCUT2D eigenvalue weighted by molar-refractivity contribution is 0.171. The summed E-state index contributed by atoms with van der Waals surface area (Å²) in [5.41, 5.74) is 1.52. The number of piperidine rings is 1. The Hall–Kier alpha value is -2.75. The summed E-state index contributed by atoms with van der Waals surface area (Å²) in [6, 6.07) is 12.8. The van der Waals surface area contributed by atoms with E-state index in [9.17, 15) is 10.1 Å². The first kappa shape index (κ1) is 19.6. The van der Waals surface area contributed by atoms with Crippen LogP contribution in [0.2, 0.25) is 10.2 Å². The number of rotatable bonds is 3. The van der Waals surface area contributed by atoms with Crippen LogP contribution in [0, 0.1) is 11.3 Å². The molecule has 1 aromatic carbocycles. The molecule has 0 aliphatic carbocycles. The first-order valence-electron chi connectivity index (χ1n) is 9.24. The Morgan fingerprint density at radius 3 is 2.48 bits per heavy atom. The molecule has 0 atom stereocenters. The minimum Gasteiger partial charge on any atom is -0.490 e. The third-order valence-corrected chi connectivity index (χ3v) is 5.63. The Balaban J connectivity index is 1.63. The number of halogens is 2. The van der Waals surface area contributed by atoms with Crippen molar-refractivity contribution >= 4 is 39.9 Å². The fourth-order valence-corrected chi connectivity index (χ4v) is 3.95. The number of anilines is 1. The number of pyridine rings is 2. The molecular weight excluding hydrogens is 411 g/mol. The molecule has 0 N–H and O–H groups in total. The predicted octanol–water partition coefficient (Wildman–Crippen LogP) is 4.16. The zero-order valence-electron chi connectivity index (χ0n) is 15.7. The minimum absolute atomic E-state index is 0.0484. The summed E-state index contributed by atoms with van der Waals surface area (Å²) in [5, 5.41) is 10.7. The molecule has 0 saturated carbocycles. The van der Waals surface area contributed by atoms with E-state index in [1.165, 1.54) is 4.57 Å². The number of hydrogen-bond donors (Lipinski definition) is 0. The Morgan fingerprint density at radius 1 is 1.14 bits per heavy atom. The lowest BCUT2D eigenvalue weighted by Crippen LogP contribution is -2.40. The van der Waals surface area contributed by atoms with Gasteiger partial charge < -0.3 is 14.2 Å². The molecular formula is C21H18Cl2N4O2. The smallest absolute Gasteiger partial charge is 0.270 e. The second kappa shape index (κ2) is 7.94. The van der Waals surface area contributed by atoms with E-state index in [0.29, 0.717) is 40.0 Å². The van der Waals surface area contributed by atoms with Crippen LogP contribution in [0.4, 0.5) is 5.69 Å². The summed E-state index contributed by atoms with van der Waals surface area (Å²) in [7, 11) is 1.64. The number of nitriles is 1. The van der Waals surface area contributed by atoms with E-state index >= 15 is 0 Å². The van der Waals surface area contributed by atoms with Crippen LogP contribution in [-0.2, 0) is 7.05 Å². The summed E-state index contributed by atoms with van der Waals surface area (Å²) in [4.78, 5) is 19.2. The fourth-order valence-electron chi connectivity index (χ4n) is 3.68. The topological polar surface area (TPSA) is 71.2 Å². The normalized spacial score (nSPS) is 14.8. The molecule has 0 amide bonds. The SMILES string of the molecule is Cn1c(=O)c(C#N)c(N2CCC(Oc3ccc(Cl)cc3)CC2)c2nc(Cl)ccc21. The third kappa shape index (κ3) is 3.76. The molecule has 3 aromatic rings. The molecule has 29 heavy (non-hydrogen) atoms. The van der Waals surface area contributed by atoms with Crippen molar-refractivity contribution in [2.45, 2.75) is 18.9 Å². The third-order valence-electron chi connectivity index (χ3n) is 5.17. The van der Waals surface area contributed by atoms with Crippen LogP contribution < -0.4 is 15.2 Å². The van der Waals surface area contributed by atoms with Crippen molar-refractivity contribution in [1.29, 1.82) is 5.26 Å². The van der Waals surface area contributed by atoms with Crippen molar-refractivity contribution in [3.05, 3.63) is 62.5 Å². The van der Waals surface area contributed by atoms with Crippen LogP contribution in [0.5, 0.6) is 5.75 Å². The van der Waals surface area contributed by atoms with Crippen LogP contribution in [0.3, 0.4) is 0 Å². The van der Waals surface area contributed by atoms with E-state index in [1.54, 1.807) is 31.3 Å². The van der Waals surface area contributed by atoms with Gasteiger partial charge in [-0.3, -0.25) is 4.79 Å². The van der Waals surface area contributed by atoms with Gasteiger partial charge in [0, 0.05) is 38.0 Å². The van der Waals surface area contributed by atoms with Crippen LogP contribution in [0.1, 0.15) is 18.4 Å². The maximum absolute atomic E-state index is 12.7. The average molecular weight is 429 g/mol. The summed E-state index contributed by atoms with van der Waals surface area (Å²) in [6.07, 6.45) is 1.56. The van der Waals surface area contributed by atoms with Gasteiger partial charge in [-0.05, 0) is 36.4 Å². The fraction of sp³-hybridized carbons (Fsp3) is 0.286. The van der Waals surface area contributed by atoms with Crippen molar-refractivity contribution in [1.82, 2.24) is 9.55 Å². The molecule has 3 heterocycles. The first-order valence-corrected chi connectivity index (χ1v) is 10.00. The second-order valence-corrected chi connectivity index (χ2v) is 7.78. The van der Waals surface area contributed by atoms with E-state index in [2.05, 4.69) is 11.1 Å². The second-order valence-electron chi connectivity index (χ2n) is 6.96. The zero-order chi connectivity index (χ0) is 20.5. The Morgan fingerprint density at radius 2 is 1.83 bits per heavy atom. The van der Waals surface area contributed by atoms with E-state index in [4.69, 9.17) is 27.9 Å². The molecule has 4 rings (SSSR count). The van der Waals surface area contributed by atoms with E-state index in [1.807, 2.05) is 17.0 Å². The minimum atomic E-state index is -0.335. The number of ether oxygens (including phenoxy) is 1. The standard InChI is InChI=1S/C21H18Cl2N4O2/c1-26-17-6-7-18(23)25-19(17)20(16(12-24)21(26)28)27-10-8-15(9-11-27)29-14-4-2-13(22)3-5-14/h2-7,15H,8-11H2,1H3. The van der Waals surface area contributed by atoms with Crippen LogP contribution in [0.15, 0.2) is 41.2 Å². The molecule has 2 aromatic heterocycles. The number of aromatic nitrogens is 2. The average Bonchev–Trinajstić information content (AvgIpc) is 2.73. The molecule has 1 aliphatic rings. The number of aryl methyl sites for hydroxylation is 1. The Labute approximate surface area is 177 Å². The number of benzene rings is 1. The van der Waals surface area contributed by atoms with Crippen molar-refractivity contribution in [2.24, 2.45) is 7.05 Å².